The highest BCUT2D eigenvalue weighted by atomic mass is 35.5. The largest absolute Gasteiger partial charge is 0.292 e. The molecule has 0 bridgehead atoms. The highest BCUT2D eigenvalue weighted by Crippen LogP contribution is 2.46. The Kier molecular flexibility index (Phi) is 4.18. The summed E-state index contributed by atoms with van der Waals surface area (Å²) in [5.74, 6) is 0.0341. The van der Waals surface area contributed by atoms with Gasteiger partial charge in [0, 0.05) is 16.0 Å². The molecule has 0 fully saturated rings. The lowest BCUT2D eigenvalue weighted by Crippen LogP contribution is -2.30. The number of hydrogen-bond donors (Lipinski definition) is 0. The number of allylic oxidation sites excluding steroid dienone is 4. The first-order chi connectivity index (χ1) is 9.68. The average molecular weight is 326 g/mol. The lowest BCUT2D eigenvalue weighted by Gasteiger charge is -2.34. The fraction of sp³-hybridized carbons (Fsp3) is 0.375. The Morgan fingerprint density at radius 1 is 1.33 bits per heavy atom. The molecule has 0 aromatic heterocycles. The molecular formula is C16H17Cl2NO2. The molecule has 1 aliphatic carbocycles. The van der Waals surface area contributed by atoms with Crippen molar-refractivity contribution in [2.45, 2.75) is 33.1 Å². The molecule has 21 heavy (non-hydrogen) atoms. The zero-order valence-electron chi connectivity index (χ0n) is 12.4. The number of aryl methyl sites for hydroxylation is 1. The molecule has 1 aromatic carbocycles. The number of rotatable bonds is 2. The van der Waals surface area contributed by atoms with Crippen LogP contribution in [0.4, 0.5) is 5.69 Å². The van der Waals surface area contributed by atoms with E-state index in [-0.39, 0.29) is 16.6 Å². The normalized spacial score (nSPS) is 24.9. The average Bonchev–Trinajstić information content (AvgIpc) is 2.39. The van der Waals surface area contributed by atoms with E-state index in [9.17, 15) is 10.1 Å². The SMILES string of the molecule is Cc1cc(C2(C)C=CC(Cl)=CC2C)c([N+](=O)[O-])c(Cl)c1C. The summed E-state index contributed by atoms with van der Waals surface area (Å²) in [6.45, 7) is 7.69. The van der Waals surface area contributed by atoms with Crippen molar-refractivity contribution in [1.29, 1.82) is 0 Å². The third-order valence-corrected chi connectivity index (χ3v) is 5.17. The standard InChI is InChI=1S/C16H17Cl2NO2/c1-9-7-13(15(19(20)21)14(18)11(9)3)16(4)6-5-12(17)8-10(16)2/h5-8,10H,1-4H3. The molecule has 1 aliphatic rings. The van der Waals surface area contributed by atoms with Gasteiger partial charge in [0.15, 0.2) is 0 Å². The molecule has 0 radical (unpaired) electrons. The highest BCUT2D eigenvalue weighted by Gasteiger charge is 2.39. The lowest BCUT2D eigenvalue weighted by molar-refractivity contribution is -0.385. The monoisotopic (exact) mass is 325 g/mol. The molecule has 0 heterocycles. The van der Waals surface area contributed by atoms with E-state index >= 15 is 0 Å². The fourth-order valence-corrected chi connectivity index (χ4v) is 3.23. The molecule has 0 saturated heterocycles. The van der Waals surface area contributed by atoms with Gasteiger partial charge in [-0.05, 0) is 43.0 Å². The summed E-state index contributed by atoms with van der Waals surface area (Å²) >= 11 is 12.3. The first-order valence-electron chi connectivity index (χ1n) is 6.69. The van der Waals surface area contributed by atoms with Crippen LogP contribution in [0.15, 0.2) is 29.3 Å². The Bertz CT molecular complexity index is 679. The van der Waals surface area contributed by atoms with Gasteiger partial charge in [0.2, 0.25) is 0 Å². The van der Waals surface area contributed by atoms with E-state index in [2.05, 4.69) is 0 Å². The molecule has 112 valence electrons. The molecule has 0 amide bonds. The van der Waals surface area contributed by atoms with Gasteiger partial charge in [0.05, 0.1) is 4.92 Å². The summed E-state index contributed by atoms with van der Waals surface area (Å²) in [6.07, 6.45) is 5.62. The first-order valence-corrected chi connectivity index (χ1v) is 7.45. The smallest absolute Gasteiger partial charge is 0.258 e. The van der Waals surface area contributed by atoms with E-state index in [4.69, 9.17) is 23.2 Å². The number of hydrogen-bond acceptors (Lipinski definition) is 2. The zero-order valence-corrected chi connectivity index (χ0v) is 13.9. The maximum absolute atomic E-state index is 11.5. The topological polar surface area (TPSA) is 43.1 Å². The predicted molar refractivity (Wildman–Crippen MR) is 87.2 cm³/mol. The third kappa shape index (κ3) is 2.60. The highest BCUT2D eigenvalue weighted by molar-refractivity contribution is 6.33. The van der Waals surface area contributed by atoms with Crippen LogP contribution in [-0.4, -0.2) is 4.92 Å². The molecule has 0 N–H and O–H groups in total. The Morgan fingerprint density at radius 2 is 1.95 bits per heavy atom. The molecule has 2 unspecified atom stereocenters. The predicted octanol–water partition coefficient (Wildman–Crippen LogP) is 5.45. The second-order valence-electron chi connectivity index (χ2n) is 5.74. The molecule has 5 heteroatoms. The van der Waals surface area contributed by atoms with Gasteiger partial charge in [0.25, 0.3) is 5.69 Å². The zero-order chi connectivity index (χ0) is 15.9. The fourth-order valence-electron chi connectivity index (χ4n) is 2.66. The Labute approximate surface area is 134 Å². The second-order valence-corrected chi connectivity index (χ2v) is 6.56. The van der Waals surface area contributed by atoms with E-state index in [0.717, 1.165) is 11.1 Å². The molecule has 0 aliphatic heterocycles. The minimum atomic E-state index is -0.511. The number of nitro groups is 1. The van der Waals surface area contributed by atoms with E-state index in [0.29, 0.717) is 10.6 Å². The molecular weight excluding hydrogens is 309 g/mol. The van der Waals surface area contributed by atoms with Crippen molar-refractivity contribution in [3.63, 3.8) is 0 Å². The Hall–Kier alpha value is -1.32. The molecule has 2 rings (SSSR count). The summed E-state index contributed by atoms with van der Waals surface area (Å²) < 4.78 is 0. The Morgan fingerprint density at radius 3 is 2.48 bits per heavy atom. The maximum Gasteiger partial charge on any atom is 0.292 e. The van der Waals surface area contributed by atoms with Crippen molar-refractivity contribution in [2.75, 3.05) is 0 Å². The minimum Gasteiger partial charge on any atom is -0.258 e. The van der Waals surface area contributed by atoms with Crippen molar-refractivity contribution >= 4 is 28.9 Å². The summed E-state index contributed by atoms with van der Waals surface area (Å²) in [6, 6.07) is 1.87. The van der Waals surface area contributed by atoms with Crippen LogP contribution in [0.1, 0.15) is 30.5 Å². The van der Waals surface area contributed by atoms with Crippen molar-refractivity contribution in [1.82, 2.24) is 0 Å². The van der Waals surface area contributed by atoms with Crippen LogP contribution in [0.3, 0.4) is 0 Å². The number of halogens is 2. The molecule has 0 saturated carbocycles. The van der Waals surface area contributed by atoms with Crippen LogP contribution >= 0.6 is 23.2 Å². The van der Waals surface area contributed by atoms with Crippen LogP contribution in [0, 0.1) is 29.9 Å². The molecule has 1 aromatic rings. The number of benzene rings is 1. The van der Waals surface area contributed by atoms with E-state index < -0.39 is 10.3 Å². The van der Waals surface area contributed by atoms with Crippen LogP contribution in [0.2, 0.25) is 5.02 Å². The van der Waals surface area contributed by atoms with Gasteiger partial charge in [-0.25, -0.2) is 0 Å². The maximum atomic E-state index is 11.5. The number of nitro benzene ring substituents is 1. The van der Waals surface area contributed by atoms with Gasteiger partial charge < -0.3 is 0 Å². The van der Waals surface area contributed by atoms with Gasteiger partial charge in [0.1, 0.15) is 5.02 Å². The van der Waals surface area contributed by atoms with Gasteiger partial charge >= 0.3 is 0 Å². The quantitative estimate of drug-likeness (QED) is 0.535. The van der Waals surface area contributed by atoms with Crippen molar-refractivity contribution < 1.29 is 4.92 Å². The third-order valence-electron chi connectivity index (χ3n) is 4.45. The van der Waals surface area contributed by atoms with Gasteiger partial charge in [-0.15, -0.1) is 0 Å². The molecule has 2 atom stereocenters. The van der Waals surface area contributed by atoms with Crippen LogP contribution in [-0.2, 0) is 5.41 Å². The molecule has 3 nitrogen and oxygen atoms in total. The van der Waals surface area contributed by atoms with Crippen molar-refractivity contribution in [3.05, 3.63) is 61.2 Å². The summed E-state index contributed by atoms with van der Waals surface area (Å²) in [5.41, 5.74) is 1.80. The first kappa shape index (κ1) is 16.1. The van der Waals surface area contributed by atoms with Crippen molar-refractivity contribution in [2.24, 2.45) is 5.92 Å². The second kappa shape index (κ2) is 5.47. The molecule has 0 spiro atoms. The summed E-state index contributed by atoms with van der Waals surface area (Å²) in [4.78, 5) is 11.1. The van der Waals surface area contributed by atoms with Gasteiger partial charge in [-0.2, -0.15) is 0 Å². The van der Waals surface area contributed by atoms with Crippen molar-refractivity contribution in [3.8, 4) is 0 Å². The lowest BCUT2D eigenvalue weighted by atomic mass is 9.69. The van der Waals surface area contributed by atoms with E-state index in [1.807, 2.05) is 39.0 Å². The Balaban J connectivity index is 2.75. The number of nitrogens with zero attached hydrogens (tertiary/aromatic N) is 1. The van der Waals surface area contributed by atoms with Crippen LogP contribution in [0.5, 0.6) is 0 Å². The van der Waals surface area contributed by atoms with Gasteiger partial charge in [-0.1, -0.05) is 49.2 Å². The summed E-state index contributed by atoms with van der Waals surface area (Å²) in [7, 11) is 0. The van der Waals surface area contributed by atoms with E-state index in [1.165, 1.54) is 0 Å². The minimum absolute atomic E-state index is 0.00908. The van der Waals surface area contributed by atoms with Crippen LogP contribution in [0.25, 0.3) is 0 Å². The van der Waals surface area contributed by atoms with E-state index in [1.54, 1.807) is 13.0 Å². The van der Waals surface area contributed by atoms with Crippen LogP contribution < -0.4 is 0 Å². The summed E-state index contributed by atoms with van der Waals surface area (Å²) in [5, 5.41) is 12.4. The van der Waals surface area contributed by atoms with Gasteiger partial charge in [-0.3, -0.25) is 10.1 Å².